The summed E-state index contributed by atoms with van der Waals surface area (Å²) < 4.78 is 27.3. The number of likely N-dealkylation sites (tertiary alicyclic amines) is 1. The van der Waals surface area contributed by atoms with Gasteiger partial charge in [-0.1, -0.05) is 0 Å². The Labute approximate surface area is 188 Å². The SMILES string of the molecule is Cc1cc2cnn(-c3cnn(C45CC(C4)C5)c3)c2cc1C1CCN(C2CS(=O)(=O)C2)CC1. The lowest BCUT2D eigenvalue weighted by Gasteiger charge is -2.61. The van der Waals surface area contributed by atoms with Gasteiger partial charge in [0.05, 0.1) is 41.2 Å². The van der Waals surface area contributed by atoms with E-state index in [9.17, 15) is 8.42 Å². The fourth-order valence-corrected chi connectivity index (χ4v) is 8.07. The summed E-state index contributed by atoms with van der Waals surface area (Å²) in [4.78, 5) is 2.38. The maximum absolute atomic E-state index is 11.6. The second kappa shape index (κ2) is 6.44. The lowest BCUT2D eigenvalue weighted by Crippen LogP contribution is -2.59. The minimum atomic E-state index is -2.76. The van der Waals surface area contributed by atoms with Crippen LogP contribution in [0.3, 0.4) is 0 Å². The van der Waals surface area contributed by atoms with Crippen LogP contribution < -0.4 is 0 Å². The zero-order valence-electron chi connectivity index (χ0n) is 18.4. The topological polar surface area (TPSA) is 73.0 Å². The second-order valence-electron chi connectivity index (χ2n) is 10.7. The predicted molar refractivity (Wildman–Crippen MR) is 123 cm³/mol. The lowest BCUT2D eigenvalue weighted by atomic mass is 9.50. The molecule has 2 bridgehead atoms. The second-order valence-corrected chi connectivity index (χ2v) is 12.9. The Hall–Kier alpha value is -2.19. The summed E-state index contributed by atoms with van der Waals surface area (Å²) in [6, 6.07) is 4.85. The largest absolute Gasteiger partial charge is 0.298 e. The van der Waals surface area contributed by atoms with Crippen LogP contribution in [-0.2, 0) is 15.4 Å². The van der Waals surface area contributed by atoms with Gasteiger partial charge in [-0.15, -0.1) is 0 Å². The van der Waals surface area contributed by atoms with Gasteiger partial charge in [0.15, 0.2) is 9.84 Å². The molecule has 0 unspecified atom stereocenters. The zero-order valence-corrected chi connectivity index (χ0v) is 19.3. The molecule has 2 saturated heterocycles. The number of benzene rings is 1. The first-order valence-corrected chi connectivity index (χ1v) is 13.7. The Kier molecular flexibility index (Phi) is 3.88. The molecular formula is C24H29N5O2S. The molecule has 3 saturated carbocycles. The first kappa shape index (κ1) is 19.3. The smallest absolute Gasteiger partial charge is 0.153 e. The van der Waals surface area contributed by atoms with Gasteiger partial charge in [-0.3, -0.25) is 9.58 Å². The van der Waals surface area contributed by atoms with E-state index in [1.807, 2.05) is 17.1 Å². The minimum absolute atomic E-state index is 0.239. The highest BCUT2D eigenvalue weighted by Gasteiger charge is 2.58. The number of hydrogen-bond donors (Lipinski definition) is 0. The Balaban J connectivity index is 1.15. The molecule has 2 aliphatic heterocycles. The van der Waals surface area contributed by atoms with Crippen LogP contribution in [0.4, 0.5) is 0 Å². The molecule has 1 aromatic carbocycles. The van der Waals surface area contributed by atoms with Crippen LogP contribution in [0.1, 0.15) is 49.1 Å². The molecule has 0 N–H and O–H groups in total. The number of fused-ring (bicyclic) bond motifs is 1. The highest BCUT2D eigenvalue weighted by atomic mass is 32.2. The number of hydrogen-bond acceptors (Lipinski definition) is 5. The van der Waals surface area contributed by atoms with Gasteiger partial charge >= 0.3 is 0 Å². The maximum Gasteiger partial charge on any atom is 0.153 e. The Morgan fingerprint density at radius 2 is 1.78 bits per heavy atom. The molecule has 4 heterocycles. The van der Waals surface area contributed by atoms with E-state index in [-0.39, 0.29) is 6.04 Å². The number of aryl methyl sites for hydroxylation is 1. The molecule has 0 spiro atoms. The van der Waals surface area contributed by atoms with Crippen molar-refractivity contribution in [1.29, 1.82) is 0 Å². The van der Waals surface area contributed by atoms with E-state index in [2.05, 4.69) is 34.8 Å². The molecule has 3 aromatic rings. The predicted octanol–water partition coefficient (Wildman–Crippen LogP) is 3.02. The van der Waals surface area contributed by atoms with Crippen LogP contribution in [0.5, 0.6) is 0 Å². The fraction of sp³-hybridized carbons (Fsp3) is 0.583. The molecule has 0 atom stereocenters. The normalized spacial score (nSPS) is 30.1. The van der Waals surface area contributed by atoms with Crippen molar-refractivity contribution in [2.75, 3.05) is 24.6 Å². The van der Waals surface area contributed by atoms with Crippen molar-refractivity contribution in [3.05, 3.63) is 41.9 Å². The van der Waals surface area contributed by atoms with Crippen molar-refractivity contribution < 1.29 is 8.42 Å². The van der Waals surface area contributed by atoms with Gasteiger partial charge in [0.25, 0.3) is 0 Å². The molecule has 5 fully saturated rings. The minimum Gasteiger partial charge on any atom is -0.298 e. The third kappa shape index (κ3) is 2.78. The van der Waals surface area contributed by atoms with Crippen molar-refractivity contribution in [3.8, 4) is 5.69 Å². The number of nitrogens with zero attached hydrogens (tertiary/aromatic N) is 5. The van der Waals surface area contributed by atoms with Crippen LogP contribution in [0.15, 0.2) is 30.7 Å². The van der Waals surface area contributed by atoms with E-state index in [1.165, 1.54) is 35.8 Å². The van der Waals surface area contributed by atoms with Gasteiger partial charge in [-0.25, -0.2) is 13.1 Å². The number of sulfone groups is 1. The van der Waals surface area contributed by atoms with Gasteiger partial charge in [0.1, 0.15) is 5.69 Å². The van der Waals surface area contributed by atoms with Gasteiger partial charge in [-0.05, 0) is 87.2 Å². The third-order valence-electron chi connectivity index (χ3n) is 8.64. The van der Waals surface area contributed by atoms with Gasteiger partial charge in [0.2, 0.25) is 0 Å². The maximum atomic E-state index is 11.6. The van der Waals surface area contributed by atoms with Crippen LogP contribution >= 0.6 is 0 Å². The fourth-order valence-electron chi connectivity index (χ4n) is 6.57. The first-order valence-electron chi connectivity index (χ1n) is 11.9. The first-order chi connectivity index (χ1) is 15.4. The van der Waals surface area contributed by atoms with Gasteiger partial charge in [-0.2, -0.15) is 10.2 Å². The van der Waals surface area contributed by atoms with E-state index < -0.39 is 9.84 Å². The average molecular weight is 452 g/mol. The van der Waals surface area contributed by atoms with E-state index in [1.54, 1.807) is 0 Å². The molecule has 8 rings (SSSR count). The molecule has 0 radical (unpaired) electrons. The van der Waals surface area contributed by atoms with Gasteiger partial charge < -0.3 is 0 Å². The van der Waals surface area contributed by atoms with Crippen molar-refractivity contribution in [2.45, 2.75) is 56.5 Å². The third-order valence-corrected chi connectivity index (χ3v) is 10.4. The molecule has 168 valence electrons. The van der Waals surface area contributed by atoms with E-state index >= 15 is 0 Å². The number of rotatable bonds is 4. The quantitative estimate of drug-likeness (QED) is 0.610. The van der Waals surface area contributed by atoms with Gasteiger partial charge in [0, 0.05) is 11.4 Å². The molecule has 2 aromatic heterocycles. The highest BCUT2D eigenvalue weighted by molar-refractivity contribution is 7.92. The molecule has 3 aliphatic carbocycles. The molecule has 7 nitrogen and oxygen atoms in total. The highest BCUT2D eigenvalue weighted by Crippen LogP contribution is 2.62. The Morgan fingerprint density at radius 3 is 2.44 bits per heavy atom. The zero-order chi connectivity index (χ0) is 21.7. The Morgan fingerprint density at radius 1 is 1.03 bits per heavy atom. The van der Waals surface area contributed by atoms with Crippen molar-refractivity contribution in [1.82, 2.24) is 24.5 Å². The molecule has 0 amide bonds. The lowest BCUT2D eigenvalue weighted by molar-refractivity contribution is -0.0977. The summed E-state index contributed by atoms with van der Waals surface area (Å²) in [6.45, 7) is 4.17. The van der Waals surface area contributed by atoms with E-state index in [0.29, 0.717) is 23.0 Å². The summed E-state index contributed by atoms with van der Waals surface area (Å²) in [6.07, 6.45) is 12.1. The summed E-state index contributed by atoms with van der Waals surface area (Å²) in [7, 11) is -2.76. The molecule has 8 heteroatoms. The summed E-state index contributed by atoms with van der Waals surface area (Å²) in [5.41, 5.74) is 5.22. The number of piperidine rings is 1. The molecule has 32 heavy (non-hydrogen) atoms. The summed E-state index contributed by atoms with van der Waals surface area (Å²) in [5, 5.41) is 10.6. The van der Waals surface area contributed by atoms with Crippen LogP contribution in [-0.4, -0.2) is 63.5 Å². The molecular weight excluding hydrogens is 422 g/mol. The Bertz CT molecular complexity index is 1300. The van der Waals surface area contributed by atoms with E-state index in [0.717, 1.165) is 43.1 Å². The van der Waals surface area contributed by atoms with E-state index in [4.69, 9.17) is 10.2 Å². The van der Waals surface area contributed by atoms with Crippen LogP contribution in [0.25, 0.3) is 16.6 Å². The summed E-state index contributed by atoms with van der Waals surface area (Å²) in [5.74, 6) is 2.13. The average Bonchev–Trinajstić information content (AvgIpc) is 3.30. The van der Waals surface area contributed by atoms with Crippen LogP contribution in [0, 0.1) is 12.8 Å². The summed E-state index contributed by atoms with van der Waals surface area (Å²) >= 11 is 0. The van der Waals surface area contributed by atoms with Crippen LogP contribution in [0.2, 0.25) is 0 Å². The van der Waals surface area contributed by atoms with Crippen molar-refractivity contribution >= 4 is 20.7 Å². The monoisotopic (exact) mass is 451 g/mol. The number of aromatic nitrogens is 4. The van der Waals surface area contributed by atoms with Crippen molar-refractivity contribution in [3.63, 3.8) is 0 Å². The standard InChI is InChI=1S/C24H29N5O2S/c1-16-6-19-11-26-29(20-12-25-28(13-20)24-8-17(9-24)10-24)23(19)7-22(16)18-2-4-27(5-3-18)21-14-32(30,31)15-21/h6-7,11-13,17-18,21H,2-5,8-10,14-15H2,1H3. The van der Waals surface area contributed by atoms with Crippen molar-refractivity contribution in [2.24, 2.45) is 5.92 Å². The molecule has 5 aliphatic rings.